The van der Waals surface area contributed by atoms with Crippen LogP contribution >= 0.6 is 0 Å². The lowest BCUT2D eigenvalue weighted by molar-refractivity contribution is 1.10. The number of nitrogens with two attached hydrogens (primary N) is 2. The van der Waals surface area contributed by atoms with E-state index in [0.717, 1.165) is 23.4 Å². The van der Waals surface area contributed by atoms with Crippen LogP contribution in [0.15, 0.2) is 23.8 Å². The highest BCUT2D eigenvalue weighted by atomic mass is 14.6. The van der Waals surface area contributed by atoms with Gasteiger partial charge in [0.25, 0.3) is 0 Å². The van der Waals surface area contributed by atoms with E-state index in [2.05, 4.69) is 20.8 Å². The van der Waals surface area contributed by atoms with Crippen LogP contribution in [0, 0.1) is 0 Å². The van der Waals surface area contributed by atoms with E-state index in [4.69, 9.17) is 11.5 Å². The van der Waals surface area contributed by atoms with Gasteiger partial charge in [0.2, 0.25) is 0 Å². The normalized spacial score (nSPS) is 12.5. The van der Waals surface area contributed by atoms with Crippen LogP contribution in [-0.4, -0.2) is 0 Å². The van der Waals surface area contributed by atoms with Gasteiger partial charge in [-0.25, -0.2) is 0 Å². The Hall–Kier alpha value is -1.44. The fourth-order valence-electron chi connectivity index (χ4n) is 1.39. The second-order valence-electron chi connectivity index (χ2n) is 3.61. The van der Waals surface area contributed by atoms with Crippen molar-refractivity contribution in [3.8, 4) is 0 Å². The lowest BCUT2D eigenvalue weighted by Gasteiger charge is -2.10. The Morgan fingerprint density at radius 3 is 2.43 bits per heavy atom. The van der Waals surface area contributed by atoms with Gasteiger partial charge in [-0.3, -0.25) is 0 Å². The summed E-state index contributed by atoms with van der Waals surface area (Å²) in [7, 11) is 0. The van der Waals surface area contributed by atoms with E-state index in [-0.39, 0.29) is 0 Å². The molecule has 76 valence electrons. The molecule has 0 saturated heterocycles. The average molecular weight is 190 g/mol. The third-order valence-electron chi connectivity index (χ3n) is 2.65. The SMILES string of the molecule is CC/C(C)=C(/C)c1cc(N)ccc1N. The third-order valence-corrected chi connectivity index (χ3v) is 2.65. The van der Waals surface area contributed by atoms with E-state index in [0.29, 0.717) is 0 Å². The van der Waals surface area contributed by atoms with Crippen molar-refractivity contribution in [2.75, 3.05) is 11.5 Å². The molecule has 0 atom stereocenters. The van der Waals surface area contributed by atoms with E-state index in [1.54, 1.807) is 0 Å². The molecule has 0 radical (unpaired) electrons. The molecule has 1 rings (SSSR count). The second-order valence-corrected chi connectivity index (χ2v) is 3.61. The van der Waals surface area contributed by atoms with Gasteiger partial charge in [0.15, 0.2) is 0 Å². The molecule has 0 fully saturated rings. The smallest absolute Gasteiger partial charge is 0.0391 e. The van der Waals surface area contributed by atoms with Crippen molar-refractivity contribution in [2.45, 2.75) is 27.2 Å². The zero-order valence-corrected chi connectivity index (χ0v) is 9.09. The van der Waals surface area contributed by atoms with Gasteiger partial charge in [0.05, 0.1) is 0 Å². The molecule has 0 aliphatic rings. The van der Waals surface area contributed by atoms with Crippen LogP contribution in [0.4, 0.5) is 11.4 Å². The van der Waals surface area contributed by atoms with Crippen molar-refractivity contribution in [3.05, 3.63) is 29.3 Å². The number of hydrogen-bond donors (Lipinski definition) is 2. The van der Waals surface area contributed by atoms with Crippen LogP contribution in [0.5, 0.6) is 0 Å². The Morgan fingerprint density at radius 1 is 1.21 bits per heavy atom. The van der Waals surface area contributed by atoms with Crippen LogP contribution in [0.25, 0.3) is 5.57 Å². The number of rotatable bonds is 2. The van der Waals surface area contributed by atoms with Crippen molar-refractivity contribution < 1.29 is 0 Å². The zero-order chi connectivity index (χ0) is 10.7. The Balaban J connectivity index is 3.25. The van der Waals surface area contributed by atoms with Crippen molar-refractivity contribution in [3.63, 3.8) is 0 Å². The largest absolute Gasteiger partial charge is 0.399 e. The third kappa shape index (κ3) is 2.08. The van der Waals surface area contributed by atoms with Crippen LogP contribution in [0.3, 0.4) is 0 Å². The van der Waals surface area contributed by atoms with Crippen molar-refractivity contribution >= 4 is 16.9 Å². The lowest BCUT2D eigenvalue weighted by atomic mass is 9.99. The molecule has 0 aliphatic carbocycles. The van der Waals surface area contributed by atoms with Gasteiger partial charge in [0, 0.05) is 16.9 Å². The standard InChI is InChI=1S/C12H18N2/c1-4-8(2)9(3)11-7-10(13)5-6-12(11)14/h5-7H,4,13-14H2,1-3H3/b9-8-. The average Bonchev–Trinajstić information content (AvgIpc) is 2.19. The fraction of sp³-hybridized carbons (Fsp3) is 0.333. The maximum absolute atomic E-state index is 5.89. The molecule has 14 heavy (non-hydrogen) atoms. The minimum Gasteiger partial charge on any atom is -0.399 e. The maximum atomic E-state index is 5.89. The summed E-state index contributed by atoms with van der Waals surface area (Å²) in [5, 5.41) is 0. The fourth-order valence-corrected chi connectivity index (χ4v) is 1.39. The first-order valence-corrected chi connectivity index (χ1v) is 4.88. The molecule has 4 N–H and O–H groups in total. The van der Waals surface area contributed by atoms with Crippen LogP contribution in [-0.2, 0) is 0 Å². The predicted molar refractivity (Wildman–Crippen MR) is 63.8 cm³/mol. The molecular formula is C12H18N2. The lowest BCUT2D eigenvalue weighted by Crippen LogP contribution is -1.96. The first-order valence-electron chi connectivity index (χ1n) is 4.88. The van der Waals surface area contributed by atoms with Crippen molar-refractivity contribution in [1.29, 1.82) is 0 Å². The zero-order valence-electron chi connectivity index (χ0n) is 9.09. The summed E-state index contributed by atoms with van der Waals surface area (Å²) in [6.45, 7) is 6.35. The van der Waals surface area contributed by atoms with E-state index < -0.39 is 0 Å². The highest BCUT2D eigenvalue weighted by molar-refractivity contribution is 5.77. The van der Waals surface area contributed by atoms with E-state index in [1.807, 2.05) is 18.2 Å². The Labute approximate surface area is 85.6 Å². The minimum absolute atomic E-state index is 0.762. The number of anilines is 2. The molecule has 0 unspecified atom stereocenters. The molecule has 2 heteroatoms. The van der Waals surface area contributed by atoms with Gasteiger partial charge >= 0.3 is 0 Å². The minimum atomic E-state index is 0.762. The van der Waals surface area contributed by atoms with Gasteiger partial charge in [-0.1, -0.05) is 12.5 Å². The summed E-state index contributed by atoms with van der Waals surface area (Å²) in [6.07, 6.45) is 1.04. The summed E-state index contributed by atoms with van der Waals surface area (Å²) in [5.41, 5.74) is 16.8. The van der Waals surface area contributed by atoms with Crippen LogP contribution < -0.4 is 11.5 Å². The molecule has 0 bridgehead atoms. The van der Waals surface area contributed by atoms with Crippen LogP contribution in [0.1, 0.15) is 32.8 Å². The molecule has 0 saturated carbocycles. The quantitative estimate of drug-likeness (QED) is 0.704. The molecule has 2 nitrogen and oxygen atoms in total. The predicted octanol–water partition coefficient (Wildman–Crippen LogP) is 3.05. The molecule has 0 aliphatic heterocycles. The molecule has 0 heterocycles. The van der Waals surface area contributed by atoms with Crippen LogP contribution in [0.2, 0.25) is 0 Å². The Kier molecular flexibility index (Phi) is 3.18. The molecule has 1 aromatic rings. The second kappa shape index (κ2) is 4.18. The van der Waals surface area contributed by atoms with Gasteiger partial charge in [0.1, 0.15) is 0 Å². The van der Waals surface area contributed by atoms with Gasteiger partial charge in [-0.05, 0) is 44.0 Å². The van der Waals surface area contributed by atoms with E-state index in [9.17, 15) is 0 Å². The van der Waals surface area contributed by atoms with Crippen molar-refractivity contribution in [1.82, 2.24) is 0 Å². The van der Waals surface area contributed by atoms with Gasteiger partial charge < -0.3 is 11.5 Å². The molecular weight excluding hydrogens is 172 g/mol. The highest BCUT2D eigenvalue weighted by Gasteiger charge is 2.04. The van der Waals surface area contributed by atoms with Gasteiger partial charge in [-0.15, -0.1) is 0 Å². The van der Waals surface area contributed by atoms with E-state index in [1.165, 1.54) is 11.1 Å². The summed E-state index contributed by atoms with van der Waals surface area (Å²) in [4.78, 5) is 0. The Morgan fingerprint density at radius 2 is 1.86 bits per heavy atom. The number of hydrogen-bond acceptors (Lipinski definition) is 2. The number of nitrogen functional groups attached to an aromatic ring is 2. The molecule has 0 amide bonds. The first kappa shape index (κ1) is 10.6. The maximum Gasteiger partial charge on any atom is 0.0391 e. The monoisotopic (exact) mass is 190 g/mol. The highest BCUT2D eigenvalue weighted by Crippen LogP contribution is 2.26. The topological polar surface area (TPSA) is 52.0 Å². The number of allylic oxidation sites excluding steroid dienone is 2. The summed E-state index contributed by atoms with van der Waals surface area (Å²) >= 11 is 0. The van der Waals surface area contributed by atoms with Gasteiger partial charge in [-0.2, -0.15) is 0 Å². The molecule has 1 aromatic carbocycles. The first-order chi connectivity index (χ1) is 6.56. The van der Waals surface area contributed by atoms with Crippen molar-refractivity contribution in [2.24, 2.45) is 0 Å². The van der Waals surface area contributed by atoms with E-state index >= 15 is 0 Å². The summed E-state index contributed by atoms with van der Waals surface area (Å²) < 4.78 is 0. The summed E-state index contributed by atoms with van der Waals surface area (Å²) in [6, 6.07) is 5.62. The molecule has 0 aromatic heterocycles. The Bertz CT molecular complexity index is 365. The number of benzene rings is 1. The summed E-state index contributed by atoms with van der Waals surface area (Å²) in [5.74, 6) is 0. The molecule has 0 spiro atoms.